The predicted octanol–water partition coefficient (Wildman–Crippen LogP) is 0.154. The van der Waals surface area contributed by atoms with Crippen LogP contribution in [-0.4, -0.2) is 43.5 Å². The Kier molecular flexibility index (Phi) is 8.80. The third kappa shape index (κ3) is 7.69. The second-order valence-electron chi connectivity index (χ2n) is 5.39. The second kappa shape index (κ2) is 10.6. The lowest BCUT2D eigenvalue weighted by Gasteiger charge is -2.13. The summed E-state index contributed by atoms with van der Waals surface area (Å²) >= 11 is 1.45. The van der Waals surface area contributed by atoms with E-state index in [4.69, 9.17) is 15.5 Å². The van der Waals surface area contributed by atoms with Gasteiger partial charge in [-0.25, -0.2) is 18.4 Å². The van der Waals surface area contributed by atoms with Crippen molar-refractivity contribution in [1.29, 1.82) is 5.26 Å². The molecule has 0 saturated carbocycles. The van der Waals surface area contributed by atoms with Crippen molar-refractivity contribution in [3.8, 4) is 6.07 Å². The van der Waals surface area contributed by atoms with Gasteiger partial charge in [0.25, 0.3) is 5.91 Å². The molecule has 9 nitrogen and oxygen atoms in total. The number of rotatable bonds is 10. The molecule has 0 aliphatic carbocycles. The molecule has 1 atom stereocenters. The van der Waals surface area contributed by atoms with Gasteiger partial charge in [-0.1, -0.05) is 12.1 Å². The molecule has 1 aromatic rings. The van der Waals surface area contributed by atoms with Crippen LogP contribution in [0.1, 0.15) is 12.0 Å². The smallest absolute Gasteiger partial charge is 0.326 e. The van der Waals surface area contributed by atoms with Crippen LogP contribution in [0, 0.1) is 11.3 Å². The average Bonchev–Trinajstić information content (AvgIpc) is 2.61. The van der Waals surface area contributed by atoms with Crippen molar-refractivity contribution in [2.24, 2.45) is 5.14 Å². The molecular formula is C16H20N4O5S2. The highest BCUT2D eigenvalue weighted by Gasteiger charge is 2.21. The van der Waals surface area contributed by atoms with E-state index in [0.29, 0.717) is 11.3 Å². The summed E-state index contributed by atoms with van der Waals surface area (Å²) < 4.78 is 22.4. The number of benzene rings is 1. The number of carboxylic acid groups (broad SMARTS) is 1. The highest BCUT2D eigenvalue weighted by Crippen LogP contribution is 2.08. The van der Waals surface area contributed by atoms with Gasteiger partial charge in [0.2, 0.25) is 10.0 Å². The maximum absolute atomic E-state index is 12.1. The molecule has 5 N–H and O–H groups in total. The van der Waals surface area contributed by atoms with E-state index >= 15 is 0 Å². The zero-order chi connectivity index (χ0) is 20.4. The molecule has 1 unspecified atom stereocenters. The van der Waals surface area contributed by atoms with E-state index in [9.17, 15) is 18.0 Å². The third-order valence-electron chi connectivity index (χ3n) is 3.38. The van der Waals surface area contributed by atoms with E-state index < -0.39 is 27.9 Å². The van der Waals surface area contributed by atoms with Gasteiger partial charge >= 0.3 is 5.97 Å². The third-order valence-corrected chi connectivity index (χ3v) is 4.96. The van der Waals surface area contributed by atoms with Crippen LogP contribution < -0.4 is 15.8 Å². The van der Waals surface area contributed by atoms with Gasteiger partial charge in [0.1, 0.15) is 17.7 Å². The molecular weight excluding hydrogens is 392 g/mol. The summed E-state index contributed by atoms with van der Waals surface area (Å²) in [6, 6.07) is 6.40. The van der Waals surface area contributed by atoms with Gasteiger partial charge in [0.05, 0.1) is 4.90 Å². The van der Waals surface area contributed by atoms with Gasteiger partial charge in [-0.05, 0) is 36.1 Å². The summed E-state index contributed by atoms with van der Waals surface area (Å²) in [5, 5.41) is 28.3. The lowest BCUT2D eigenvalue weighted by molar-refractivity contribution is -0.141. The van der Waals surface area contributed by atoms with Crippen molar-refractivity contribution in [3.05, 3.63) is 41.6 Å². The number of carboxylic acids is 1. The molecule has 0 heterocycles. The maximum Gasteiger partial charge on any atom is 0.326 e. The second-order valence-corrected chi connectivity index (χ2v) is 7.93. The van der Waals surface area contributed by atoms with E-state index in [1.54, 1.807) is 6.07 Å². The number of nitriles is 1. The van der Waals surface area contributed by atoms with Crippen LogP contribution in [0.3, 0.4) is 0 Å². The minimum atomic E-state index is -3.77. The van der Waals surface area contributed by atoms with Crippen LogP contribution >= 0.6 is 11.8 Å². The Balaban J connectivity index is 2.70. The van der Waals surface area contributed by atoms with Crippen molar-refractivity contribution in [2.75, 3.05) is 12.0 Å². The number of nitrogens with one attached hydrogen (secondary N) is 2. The lowest BCUT2D eigenvalue weighted by atomic mass is 10.2. The molecule has 0 saturated heterocycles. The topological polar surface area (TPSA) is 162 Å². The molecule has 11 heteroatoms. The van der Waals surface area contributed by atoms with Crippen molar-refractivity contribution in [2.45, 2.75) is 23.9 Å². The molecule has 1 rings (SSSR count). The van der Waals surface area contributed by atoms with E-state index in [1.165, 1.54) is 42.2 Å². The van der Waals surface area contributed by atoms with Gasteiger partial charge in [0, 0.05) is 12.7 Å². The first kappa shape index (κ1) is 22.5. The van der Waals surface area contributed by atoms with Gasteiger partial charge < -0.3 is 15.7 Å². The number of nitrogens with zero attached hydrogens (tertiary/aromatic N) is 1. The van der Waals surface area contributed by atoms with E-state index in [1.807, 2.05) is 6.26 Å². The van der Waals surface area contributed by atoms with Gasteiger partial charge in [-0.3, -0.25) is 4.79 Å². The van der Waals surface area contributed by atoms with Crippen LogP contribution in [-0.2, 0) is 26.2 Å². The van der Waals surface area contributed by atoms with Crippen LogP contribution in [0.5, 0.6) is 0 Å². The Morgan fingerprint density at radius 2 is 2.00 bits per heavy atom. The summed E-state index contributed by atoms with van der Waals surface area (Å²) in [5.41, 5.74) is 0.422. The monoisotopic (exact) mass is 412 g/mol. The highest BCUT2D eigenvalue weighted by atomic mass is 32.2. The predicted molar refractivity (Wildman–Crippen MR) is 101 cm³/mol. The zero-order valence-corrected chi connectivity index (χ0v) is 16.1. The standard InChI is InChI=1S/C16H20N4O5S2/c1-26-7-6-14(16(22)23)20-15(21)12(8-17)10-19-9-11-2-4-13(5-3-11)27(18,24)25/h2-5,10,14,19H,6-7,9H2,1H3,(H,20,21)(H,22,23)(H2,18,24,25)/b12-10-. The summed E-state index contributed by atoms with van der Waals surface area (Å²) in [5.74, 6) is -1.41. The first-order valence-corrected chi connectivity index (χ1v) is 10.6. The normalized spacial score (nSPS) is 12.7. The van der Waals surface area contributed by atoms with Crippen LogP contribution in [0.15, 0.2) is 40.9 Å². The number of hydrogen-bond donors (Lipinski definition) is 4. The van der Waals surface area contributed by atoms with Gasteiger partial charge in [-0.2, -0.15) is 17.0 Å². The summed E-state index contributed by atoms with van der Waals surface area (Å²) in [4.78, 5) is 23.2. The lowest BCUT2D eigenvalue weighted by Crippen LogP contribution is -2.41. The Bertz CT molecular complexity index is 845. The minimum Gasteiger partial charge on any atom is -0.480 e. The number of thioether (sulfide) groups is 1. The Labute approximate surface area is 161 Å². The highest BCUT2D eigenvalue weighted by molar-refractivity contribution is 7.98. The molecule has 0 aromatic heterocycles. The molecule has 0 bridgehead atoms. The number of nitrogens with two attached hydrogens (primary N) is 1. The molecule has 0 fully saturated rings. The van der Waals surface area contributed by atoms with Gasteiger partial charge in [0.15, 0.2) is 0 Å². The SMILES string of the molecule is CSCCC(NC(=O)/C(C#N)=C\NCc1ccc(S(N)(=O)=O)cc1)C(=O)O. The van der Waals surface area contributed by atoms with Crippen molar-refractivity contribution in [3.63, 3.8) is 0 Å². The largest absolute Gasteiger partial charge is 0.480 e. The number of hydrogen-bond acceptors (Lipinski definition) is 7. The Morgan fingerprint density at radius 1 is 1.37 bits per heavy atom. The van der Waals surface area contributed by atoms with Crippen molar-refractivity contribution in [1.82, 2.24) is 10.6 Å². The molecule has 0 spiro atoms. The first-order valence-electron chi connectivity index (χ1n) is 7.67. The number of primary sulfonamides is 1. The van der Waals surface area contributed by atoms with Crippen LogP contribution in [0.25, 0.3) is 0 Å². The number of carbonyl (C=O) groups excluding carboxylic acids is 1. The summed E-state index contributed by atoms with van der Waals surface area (Å²) in [7, 11) is -3.77. The number of aliphatic carboxylic acids is 1. The minimum absolute atomic E-state index is 0.0242. The fraction of sp³-hybridized carbons (Fsp3) is 0.312. The maximum atomic E-state index is 12.1. The molecule has 0 aliphatic heterocycles. The molecule has 0 aliphatic rings. The molecule has 1 aromatic carbocycles. The molecule has 1 amide bonds. The van der Waals surface area contributed by atoms with Crippen LogP contribution in [0.2, 0.25) is 0 Å². The number of carbonyl (C=O) groups is 2. The number of amides is 1. The van der Waals surface area contributed by atoms with E-state index in [2.05, 4.69) is 10.6 Å². The molecule has 27 heavy (non-hydrogen) atoms. The summed E-state index contributed by atoms with van der Waals surface area (Å²) in [6.45, 7) is 0.220. The van der Waals surface area contributed by atoms with E-state index in [0.717, 1.165) is 0 Å². The fourth-order valence-corrected chi connectivity index (χ4v) is 2.93. The first-order chi connectivity index (χ1) is 12.7. The zero-order valence-electron chi connectivity index (χ0n) is 14.5. The van der Waals surface area contributed by atoms with E-state index in [-0.39, 0.29) is 23.4 Å². The molecule has 146 valence electrons. The van der Waals surface area contributed by atoms with Crippen molar-refractivity contribution < 1.29 is 23.1 Å². The van der Waals surface area contributed by atoms with Crippen LogP contribution in [0.4, 0.5) is 0 Å². The number of sulfonamides is 1. The Hall–Kier alpha value is -2.55. The molecule has 0 radical (unpaired) electrons. The quantitative estimate of drug-likeness (QED) is 0.312. The van der Waals surface area contributed by atoms with Crippen molar-refractivity contribution >= 4 is 33.7 Å². The Morgan fingerprint density at radius 3 is 2.48 bits per heavy atom. The van der Waals surface area contributed by atoms with Gasteiger partial charge in [-0.15, -0.1) is 0 Å². The fourth-order valence-electron chi connectivity index (χ4n) is 1.95. The summed E-state index contributed by atoms with van der Waals surface area (Å²) in [6.07, 6.45) is 3.24. The average molecular weight is 412 g/mol.